The van der Waals surface area contributed by atoms with Gasteiger partial charge in [0.2, 0.25) is 0 Å². The number of para-hydroxylation sites is 1. The van der Waals surface area contributed by atoms with Crippen molar-refractivity contribution in [2.75, 3.05) is 26.2 Å². The predicted octanol–water partition coefficient (Wildman–Crippen LogP) is 5.13. The molecule has 1 amide bonds. The minimum Gasteiger partial charge on any atom is -0.448 e. The van der Waals surface area contributed by atoms with Crippen LogP contribution in [-0.2, 0) is 4.74 Å². The van der Waals surface area contributed by atoms with Crippen molar-refractivity contribution in [2.45, 2.75) is 12.0 Å². The van der Waals surface area contributed by atoms with Gasteiger partial charge in [0.05, 0.1) is 11.6 Å². The van der Waals surface area contributed by atoms with Gasteiger partial charge in [0.1, 0.15) is 6.61 Å². The smallest absolute Gasteiger partial charge is 0.410 e. The molecule has 0 radical (unpaired) electrons. The highest BCUT2D eigenvalue weighted by atomic mass is 16.6. The SMILES string of the molecule is O=C(OCC1c2ccccc2-c2ccccc21)N1CCNCC1c1ccnc2ccccc12. The van der Waals surface area contributed by atoms with Gasteiger partial charge in [0.15, 0.2) is 0 Å². The fraction of sp³-hybridized carbons (Fsp3) is 0.214. The summed E-state index contributed by atoms with van der Waals surface area (Å²) in [5.41, 5.74) is 6.95. The standard InChI is InChI=1S/C28H25N3O2/c32-28(33-18-25-21-9-3-1-7-19(21)20-8-2-4-10-22(20)25)31-16-15-29-17-27(31)24-13-14-30-26-12-6-5-11-23(24)26/h1-14,25,27,29H,15-18H2. The Bertz CT molecular complexity index is 1280. The van der Waals surface area contributed by atoms with Crippen LogP contribution in [0.3, 0.4) is 0 Å². The molecule has 1 aromatic heterocycles. The largest absolute Gasteiger partial charge is 0.448 e. The second-order valence-corrected chi connectivity index (χ2v) is 8.63. The van der Waals surface area contributed by atoms with Gasteiger partial charge in [-0.3, -0.25) is 9.88 Å². The molecular weight excluding hydrogens is 410 g/mol. The number of hydrogen-bond acceptors (Lipinski definition) is 4. The van der Waals surface area contributed by atoms with Crippen LogP contribution >= 0.6 is 0 Å². The Hall–Kier alpha value is -3.70. The number of pyridine rings is 1. The first-order valence-electron chi connectivity index (χ1n) is 11.5. The maximum absolute atomic E-state index is 13.4. The van der Waals surface area contributed by atoms with Crippen LogP contribution in [0.5, 0.6) is 0 Å². The van der Waals surface area contributed by atoms with Crippen molar-refractivity contribution in [3.05, 3.63) is 102 Å². The monoisotopic (exact) mass is 435 g/mol. The molecule has 33 heavy (non-hydrogen) atoms. The maximum atomic E-state index is 13.4. The fourth-order valence-electron chi connectivity index (χ4n) is 5.29. The zero-order valence-electron chi connectivity index (χ0n) is 18.3. The lowest BCUT2D eigenvalue weighted by Gasteiger charge is -2.36. The van der Waals surface area contributed by atoms with E-state index in [0.717, 1.165) is 23.0 Å². The number of ether oxygens (including phenoxy) is 1. The Labute approximate surface area is 193 Å². The molecule has 2 aliphatic rings. The minimum atomic E-state index is -0.260. The molecule has 2 heterocycles. The van der Waals surface area contributed by atoms with E-state index in [9.17, 15) is 4.79 Å². The van der Waals surface area contributed by atoms with Gasteiger partial charge in [-0.15, -0.1) is 0 Å². The Balaban J connectivity index is 1.26. The van der Waals surface area contributed by atoms with Crippen molar-refractivity contribution in [3.8, 4) is 11.1 Å². The highest BCUT2D eigenvalue weighted by Crippen LogP contribution is 2.44. The Morgan fingerprint density at radius 2 is 1.61 bits per heavy atom. The van der Waals surface area contributed by atoms with Crippen LogP contribution in [0.15, 0.2) is 85.1 Å². The van der Waals surface area contributed by atoms with Crippen molar-refractivity contribution in [3.63, 3.8) is 0 Å². The van der Waals surface area contributed by atoms with E-state index in [1.165, 1.54) is 22.3 Å². The number of nitrogens with zero attached hydrogens (tertiary/aromatic N) is 2. The van der Waals surface area contributed by atoms with Crippen LogP contribution in [0.25, 0.3) is 22.0 Å². The van der Waals surface area contributed by atoms with E-state index in [1.807, 2.05) is 35.4 Å². The molecule has 0 spiro atoms. The van der Waals surface area contributed by atoms with Gasteiger partial charge >= 0.3 is 6.09 Å². The van der Waals surface area contributed by atoms with E-state index in [4.69, 9.17) is 4.74 Å². The van der Waals surface area contributed by atoms with Crippen LogP contribution in [0, 0.1) is 0 Å². The Morgan fingerprint density at radius 1 is 0.909 bits per heavy atom. The number of benzene rings is 3. The second-order valence-electron chi connectivity index (χ2n) is 8.63. The summed E-state index contributed by atoms with van der Waals surface area (Å²) in [5.74, 6) is 0.0597. The van der Waals surface area contributed by atoms with E-state index < -0.39 is 0 Å². The van der Waals surface area contributed by atoms with E-state index in [2.05, 4.69) is 64.9 Å². The third-order valence-corrected chi connectivity index (χ3v) is 6.86. The molecule has 1 fully saturated rings. The maximum Gasteiger partial charge on any atom is 0.410 e. The van der Waals surface area contributed by atoms with Crippen LogP contribution in [-0.4, -0.2) is 42.2 Å². The first kappa shape index (κ1) is 19.9. The molecule has 1 aliphatic heterocycles. The number of fused-ring (bicyclic) bond motifs is 4. The highest BCUT2D eigenvalue weighted by molar-refractivity contribution is 5.83. The normalized spacial score (nSPS) is 17.6. The third kappa shape index (κ3) is 3.45. The second kappa shape index (κ2) is 8.34. The molecular formula is C28H25N3O2. The molecule has 1 atom stereocenters. The van der Waals surface area contributed by atoms with E-state index in [1.54, 1.807) is 0 Å². The molecule has 1 unspecified atom stereocenters. The van der Waals surface area contributed by atoms with Crippen LogP contribution in [0.1, 0.15) is 28.7 Å². The van der Waals surface area contributed by atoms with Gasteiger partial charge in [-0.05, 0) is 39.9 Å². The molecule has 5 nitrogen and oxygen atoms in total. The molecule has 4 aromatic rings. The van der Waals surface area contributed by atoms with Crippen molar-refractivity contribution in [1.82, 2.24) is 15.2 Å². The molecule has 0 saturated carbocycles. The molecule has 1 aliphatic carbocycles. The number of carbonyl (C=O) groups excluding carboxylic acids is 1. The summed E-state index contributed by atoms with van der Waals surface area (Å²) in [6.07, 6.45) is 1.56. The number of amides is 1. The molecule has 164 valence electrons. The highest BCUT2D eigenvalue weighted by Gasteiger charge is 2.33. The Morgan fingerprint density at radius 3 is 2.39 bits per heavy atom. The average Bonchev–Trinajstić information content (AvgIpc) is 3.20. The number of nitrogens with one attached hydrogen (secondary N) is 1. The summed E-state index contributed by atoms with van der Waals surface area (Å²) < 4.78 is 5.99. The first-order chi connectivity index (χ1) is 16.3. The molecule has 0 bridgehead atoms. The number of piperazine rings is 1. The molecule has 5 heteroatoms. The third-order valence-electron chi connectivity index (χ3n) is 6.86. The lowest BCUT2D eigenvalue weighted by atomic mass is 9.98. The average molecular weight is 436 g/mol. The zero-order chi connectivity index (χ0) is 22.2. The number of carbonyl (C=O) groups is 1. The lowest BCUT2D eigenvalue weighted by molar-refractivity contribution is 0.0755. The molecule has 6 rings (SSSR count). The van der Waals surface area contributed by atoms with Gasteiger partial charge in [-0.2, -0.15) is 0 Å². The summed E-state index contributed by atoms with van der Waals surface area (Å²) >= 11 is 0. The van der Waals surface area contributed by atoms with Crippen LogP contribution < -0.4 is 5.32 Å². The number of rotatable bonds is 3. The van der Waals surface area contributed by atoms with Gasteiger partial charge < -0.3 is 10.1 Å². The van der Waals surface area contributed by atoms with Crippen molar-refractivity contribution in [2.24, 2.45) is 0 Å². The first-order valence-corrected chi connectivity index (χ1v) is 11.5. The minimum absolute atomic E-state index is 0.0597. The van der Waals surface area contributed by atoms with Crippen molar-refractivity contribution in [1.29, 1.82) is 0 Å². The summed E-state index contributed by atoms with van der Waals surface area (Å²) in [6, 6.07) is 26.8. The van der Waals surface area contributed by atoms with Crippen molar-refractivity contribution >= 4 is 17.0 Å². The van der Waals surface area contributed by atoms with E-state index in [-0.39, 0.29) is 18.1 Å². The zero-order valence-corrected chi connectivity index (χ0v) is 18.3. The van der Waals surface area contributed by atoms with E-state index in [0.29, 0.717) is 19.7 Å². The molecule has 1 saturated heterocycles. The van der Waals surface area contributed by atoms with Crippen LogP contribution in [0.2, 0.25) is 0 Å². The van der Waals surface area contributed by atoms with Gasteiger partial charge in [0.25, 0.3) is 0 Å². The van der Waals surface area contributed by atoms with E-state index >= 15 is 0 Å². The van der Waals surface area contributed by atoms with Gasteiger partial charge in [-0.25, -0.2) is 4.79 Å². The van der Waals surface area contributed by atoms with Gasteiger partial charge in [-0.1, -0.05) is 66.7 Å². The molecule has 1 N–H and O–H groups in total. The predicted molar refractivity (Wildman–Crippen MR) is 129 cm³/mol. The summed E-state index contributed by atoms with van der Waals surface area (Å²) in [6.45, 7) is 2.39. The van der Waals surface area contributed by atoms with Gasteiger partial charge in [0, 0.05) is 37.1 Å². The topological polar surface area (TPSA) is 54.5 Å². The lowest BCUT2D eigenvalue weighted by Crippen LogP contribution is -2.49. The summed E-state index contributed by atoms with van der Waals surface area (Å²) in [7, 11) is 0. The van der Waals surface area contributed by atoms with Crippen molar-refractivity contribution < 1.29 is 9.53 Å². The quantitative estimate of drug-likeness (QED) is 0.485. The summed E-state index contributed by atoms with van der Waals surface area (Å²) in [5, 5.41) is 4.51. The Kier molecular flexibility index (Phi) is 5.04. The fourth-order valence-corrected chi connectivity index (χ4v) is 5.29. The number of aromatic nitrogens is 1. The van der Waals surface area contributed by atoms with Crippen LogP contribution in [0.4, 0.5) is 4.79 Å². The number of hydrogen-bond donors (Lipinski definition) is 1. The molecule has 3 aromatic carbocycles. The summed E-state index contributed by atoms with van der Waals surface area (Å²) in [4.78, 5) is 19.7.